The Hall–Kier alpha value is -3.91. The van der Waals surface area contributed by atoms with Gasteiger partial charge in [0.2, 0.25) is 11.7 Å². The maximum atomic E-state index is 13.5. The number of aromatic nitrogens is 4. The molecule has 176 valence electrons. The summed E-state index contributed by atoms with van der Waals surface area (Å²) in [5.41, 5.74) is 5.32. The van der Waals surface area contributed by atoms with Crippen molar-refractivity contribution in [2.24, 2.45) is 0 Å². The molecule has 0 bridgehead atoms. The maximum Gasteiger partial charge on any atom is 0.267 e. The Kier molecular flexibility index (Phi) is 6.13. The second kappa shape index (κ2) is 9.38. The molecule has 0 aliphatic rings. The lowest BCUT2D eigenvalue weighted by Crippen LogP contribution is -2.22. The summed E-state index contributed by atoms with van der Waals surface area (Å²) >= 11 is 1.29. The Balaban J connectivity index is 1.54. The minimum Gasteiger partial charge on any atom is -0.325 e. The molecule has 5 rings (SSSR count). The third-order valence-corrected chi connectivity index (χ3v) is 7.00. The number of rotatable bonds is 6. The van der Waals surface area contributed by atoms with E-state index in [1.54, 1.807) is 10.6 Å². The molecule has 0 saturated carbocycles. The predicted molar refractivity (Wildman–Crippen MR) is 141 cm³/mol. The number of anilines is 1. The molecule has 1 N–H and O–H groups in total. The molecular weight excluding hydrogens is 458 g/mol. The van der Waals surface area contributed by atoms with Gasteiger partial charge < -0.3 is 5.32 Å². The summed E-state index contributed by atoms with van der Waals surface area (Å²) in [6.45, 7) is 6.04. The molecular formula is C27H25N5O2S. The number of benzene rings is 3. The van der Waals surface area contributed by atoms with Crippen LogP contribution in [0.3, 0.4) is 0 Å². The lowest BCUT2D eigenvalue weighted by Gasteiger charge is -2.12. The summed E-state index contributed by atoms with van der Waals surface area (Å²) in [7, 11) is 0. The maximum absolute atomic E-state index is 13.5. The molecule has 7 nitrogen and oxygen atoms in total. The Morgan fingerprint density at radius 3 is 2.37 bits per heavy atom. The van der Waals surface area contributed by atoms with Crippen LogP contribution in [0.1, 0.15) is 23.6 Å². The van der Waals surface area contributed by atoms with E-state index in [2.05, 4.69) is 22.4 Å². The fourth-order valence-corrected chi connectivity index (χ4v) is 4.94. The molecule has 5 aromatic rings. The van der Waals surface area contributed by atoms with Crippen LogP contribution in [0, 0.1) is 13.8 Å². The fraction of sp³-hybridized carbons (Fsp3) is 0.185. The summed E-state index contributed by atoms with van der Waals surface area (Å²) in [5, 5.41) is 12.8. The third-order valence-electron chi connectivity index (χ3n) is 6.08. The zero-order valence-electron chi connectivity index (χ0n) is 19.8. The zero-order chi connectivity index (χ0) is 24.5. The first kappa shape index (κ1) is 22.9. The van der Waals surface area contributed by atoms with Gasteiger partial charge >= 0.3 is 0 Å². The number of para-hydroxylation sites is 2. The molecule has 0 spiro atoms. The molecule has 35 heavy (non-hydrogen) atoms. The van der Waals surface area contributed by atoms with Gasteiger partial charge in [0.25, 0.3) is 5.56 Å². The van der Waals surface area contributed by atoms with E-state index in [-0.39, 0.29) is 17.2 Å². The first-order valence-corrected chi connectivity index (χ1v) is 12.4. The SMILES string of the molecule is CCc1ccc(-n2c(=O)c3ccccc3n3c(SCC(=O)Nc4c(C)cccc4C)nnc23)cc1. The lowest BCUT2D eigenvalue weighted by molar-refractivity contribution is -0.113. The number of carbonyl (C=O) groups is 1. The molecule has 0 saturated heterocycles. The summed E-state index contributed by atoms with van der Waals surface area (Å²) in [6, 6.07) is 21.2. The number of hydrogen-bond donors (Lipinski definition) is 1. The molecule has 0 unspecified atom stereocenters. The summed E-state index contributed by atoms with van der Waals surface area (Å²) in [6.07, 6.45) is 0.915. The highest BCUT2D eigenvalue weighted by Crippen LogP contribution is 2.24. The van der Waals surface area contributed by atoms with Crippen molar-refractivity contribution >= 4 is 40.0 Å². The van der Waals surface area contributed by atoms with Gasteiger partial charge in [-0.1, -0.05) is 61.2 Å². The number of aryl methyl sites for hydroxylation is 3. The van der Waals surface area contributed by atoms with Crippen molar-refractivity contribution in [1.82, 2.24) is 19.2 Å². The second-order valence-corrected chi connectivity index (χ2v) is 9.34. The van der Waals surface area contributed by atoms with Crippen LogP contribution in [0.2, 0.25) is 0 Å². The monoisotopic (exact) mass is 483 g/mol. The van der Waals surface area contributed by atoms with Crippen molar-refractivity contribution < 1.29 is 4.79 Å². The van der Waals surface area contributed by atoms with Crippen molar-refractivity contribution in [3.05, 3.63) is 93.8 Å². The standard InChI is InChI=1S/C27H25N5O2S/c1-4-19-12-14-20(15-13-19)31-25(34)21-10-5-6-11-22(21)32-26(31)29-30-27(32)35-16-23(33)28-24-17(2)8-7-9-18(24)3/h5-15H,4,16H2,1-3H3,(H,28,33). The molecule has 0 atom stereocenters. The van der Waals surface area contributed by atoms with Gasteiger partial charge in [-0.25, -0.2) is 4.57 Å². The van der Waals surface area contributed by atoms with Gasteiger partial charge in [-0.15, -0.1) is 10.2 Å². The summed E-state index contributed by atoms with van der Waals surface area (Å²) < 4.78 is 3.43. The Morgan fingerprint density at radius 1 is 0.943 bits per heavy atom. The number of amides is 1. The van der Waals surface area contributed by atoms with E-state index in [0.29, 0.717) is 21.8 Å². The van der Waals surface area contributed by atoms with E-state index in [0.717, 1.165) is 28.9 Å². The first-order chi connectivity index (χ1) is 17.0. The second-order valence-electron chi connectivity index (χ2n) is 8.40. The van der Waals surface area contributed by atoms with E-state index in [1.165, 1.54) is 17.3 Å². The number of fused-ring (bicyclic) bond motifs is 3. The van der Waals surface area contributed by atoms with Gasteiger partial charge in [-0.3, -0.25) is 14.0 Å². The van der Waals surface area contributed by atoms with Gasteiger partial charge in [0.05, 0.1) is 22.3 Å². The van der Waals surface area contributed by atoms with E-state index < -0.39 is 0 Å². The molecule has 2 aromatic heterocycles. The van der Waals surface area contributed by atoms with E-state index in [9.17, 15) is 9.59 Å². The number of carbonyl (C=O) groups excluding carboxylic acids is 1. The summed E-state index contributed by atoms with van der Waals surface area (Å²) in [4.78, 5) is 26.2. The van der Waals surface area contributed by atoms with Crippen molar-refractivity contribution in [2.45, 2.75) is 32.3 Å². The predicted octanol–water partition coefficient (Wildman–Crippen LogP) is 4.94. The van der Waals surface area contributed by atoms with Gasteiger partial charge in [0, 0.05) is 5.69 Å². The van der Waals surface area contributed by atoms with Gasteiger partial charge in [0.15, 0.2) is 5.16 Å². The van der Waals surface area contributed by atoms with Crippen LogP contribution in [-0.4, -0.2) is 30.8 Å². The van der Waals surface area contributed by atoms with E-state index in [1.807, 2.05) is 78.9 Å². The Morgan fingerprint density at radius 2 is 1.66 bits per heavy atom. The third kappa shape index (κ3) is 4.21. The molecule has 8 heteroatoms. The van der Waals surface area contributed by atoms with Crippen LogP contribution in [0.5, 0.6) is 0 Å². The van der Waals surface area contributed by atoms with Crippen molar-refractivity contribution in [3.8, 4) is 5.69 Å². The highest BCUT2D eigenvalue weighted by molar-refractivity contribution is 7.99. The van der Waals surface area contributed by atoms with E-state index >= 15 is 0 Å². The number of thioether (sulfide) groups is 1. The molecule has 2 heterocycles. The fourth-order valence-electron chi connectivity index (χ4n) is 4.20. The van der Waals surface area contributed by atoms with Crippen molar-refractivity contribution in [1.29, 1.82) is 0 Å². The van der Waals surface area contributed by atoms with Crippen LogP contribution in [-0.2, 0) is 11.2 Å². The smallest absolute Gasteiger partial charge is 0.267 e. The molecule has 0 radical (unpaired) electrons. The average molecular weight is 484 g/mol. The Bertz CT molecular complexity index is 1600. The lowest BCUT2D eigenvalue weighted by atomic mass is 10.1. The molecule has 0 aliphatic heterocycles. The summed E-state index contributed by atoms with van der Waals surface area (Å²) in [5.74, 6) is 0.445. The number of nitrogens with zero attached hydrogens (tertiary/aromatic N) is 4. The quantitative estimate of drug-likeness (QED) is 0.346. The minimum atomic E-state index is -0.158. The highest BCUT2D eigenvalue weighted by atomic mass is 32.2. The van der Waals surface area contributed by atoms with Crippen molar-refractivity contribution in [3.63, 3.8) is 0 Å². The van der Waals surface area contributed by atoms with Crippen molar-refractivity contribution in [2.75, 3.05) is 11.1 Å². The molecule has 3 aromatic carbocycles. The van der Waals surface area contributed by atoms with Gasteiger partial charge in [0.1, 0.15) is 0 Å². The van der Waals surface area contributed by atoms with Crippen LogP contribution in [0.15, 0.2) is 76.7 Å². The number of nitrogens with one attached hydrogen (secondary N) is 1. The zero-order valence-corrected chi connectivity index (χ0v) is 20.6. The van der Waals surface area contributed by atoms with Crippen LogP contribution in [0.25, 0.3) is 22.4 Å². The Labute approximate surface area is 206 Å². The van der Waals surface area contributed by atoms with Gasteiger partial charge in [-0.05, 0) is 61.2 Å². The molecule has 0 fully saturated rings. The van der Waals surface area contributed by atoms with E-state index in [4.69, 9.17) is 0 Å². The van der Waals surface area contributed by atoms with Crippen LogP contribution < -0.4 is 10.9 Å². The van der Waals surface area contributed by atoms with Crippen LogP contribution >= 0.6 is 11.8 Å². The first-order valence-electron chi connectivity index (χ1n) is 11.4. The molecule has 0 aliphatic carbocycles. The molecule has 1 amide bonds. The van der Waals surface area contributed by atoms with Gasteiger partial charge in [-0.2, -0.15) is 0 Å². The minimum absolute atomic E-state index is 0.128. The number of hydrogen-bond acceptors (Lipinski definition) is 5. The average Bonchev–Trinajstić information content (AvgIpc) is 3.29. The topological polar surface area (TPSA) is 81.3 Å². The largest absolute Gasteiger partial charge is 0.325 e. The highest BCUT2D eigenvalue weighted by Gasteiger charge is 2.19. The normalized spacial score (nSPS) is 11.3. The van der Waals surface area contributed by atoms with Crippen LogP contribution in [0.4, 0.5) is 5.69 Å².